The molecule has 17 heavy (non-hydrogen) atoms. The highest BCUT2D eigenvalue weighted by Gasteiger charge is 2.29. The van der Waals surface area contributed by atoms with Crippen molar-refractivity contribution in [3.63, 3.8) is 0 Å². The second kappa shape index (κ2) is 5.19. The lowest BCUT2D eigenvalue weighted by Crippen LogP contribution is -2.43. The molecule has 0 aromatic carbocycles. The zero-order valence-electron chi connectivity index (χ0n) is 10.3. The Morgan fingerprint density at radius 1 is 1.53 bits per heavy atom. The number of hydrogen-bond acceptors (Lipinski definition) is 3. The molecule has 2 heterocycles. The lowest BCUT2D eigenvalue weighted by Gasteiger charge is -2.36. The fourth-order valence-electron chi connectivity index (χ4n) is 2.37. The largest absolute Gasteiger partial charge is 0.481 e. The van der Waals surface area contributed by atoms with E-state index in [0.29, 0.717) is 12.6 Å². The van der Waals surface area contributed by atoms with Crippen LogP contribution in [0.3, 0.4) is 0 Å². The van der Waals surface area contributed by atoms with Gasteiger partial charge in [-0.15, -0.1) is 11.3 Å². The van der Waals surface area contributed by atoms with E-state index in [2.05, 4.69) is 30.9 Å². The average molecular weight is 253 g/mol. The summed E-state index contributed by atoms with van der Waals surface area (Å²) in [6.07, 6.45) is 1.80. The molecule has 0 aliphatic carbocycles. The van der Waals surface area contributed by atoms with E-state index in [1.807, 2.05) is 0 Å². The van der Waals surface area contributed by atoms with Gasteiger partial charge in [0.1, 0.15) is 0 Å². The molecular formula is C13H19NO2S. The van der Waals surface area contributed by atoms with Crippen LogP contribution in [-0.2, 0) is 11.3 Å². The van der Waals surface area contributed by atoms with Crippen molar-refractivity contribution < 1.29 is 9.90 Å². The number of piperidine rings is 1. The zero-order valence-corrected chi connectivity index (χ0v) is 11.2. The van der Waals surface area contributed by atoms with Crippen molar-refractivity contribution in [1.29, 1.82) is 0 Å². The first-order valence-electron chi connectivity index (χ1n) is 6.08. The molecular weight excluding hydrogens is 234 g/mol. The number of carbonyl (C=O) groups is 1. The highest BCUT2D eigenvalue weighted by Crippen LogP contribution is 2.25. The second-order valence-electron chi connectivity index (χ2n) is 4.90. The normalized spacial score (nSPS) is 26.0. The highest BCUT2D eigenvalue weighted by molar-refractivity contribution is 7.11. The molecule has 0 amide bonds. The number of hydrogen-bond donors (Lipinski definition) is 1. The number of carboxylic acid groups (broad SMARTS) is 1. The smallest absolute Gasteiger partial charge is 0.307 e. The van der Waals surface area contributed by atoms with E-state index in [9.17, 15) is 4.79 Å². The van der Waals surface area contributed by atoms with E-state index in [1.165, 1.54) is 9.75 Å². The molecule has 0 spiro atoms. The third kappa shape index (κ3) is 3.07. The van der Waals surface area contributed by atoms with E-state index < -0.39 is 5.97 Å². The number of nitrogens with zero attached hydrogens (tertiary/aromatic N) is 1. The van der Waals surface area contributed by atoms with Gasteiger partial charge in [-0.2, -0.15) is 0 Å². The number of aliphatic carboxylic acids is 1. The van der Waals surface area contributed by atoms with Crippen molar-refractivity contribution in [1.82, 2.24) is 4.90 Å². The minimum absolute atomic E-state index is 0.188. The number of thiophene rings is 1. The van der Waals surface area contributed by atoms with Gasteiger partial charge in [0.05, 0.1) is 5.92 Å². The third-order valence-electron chi connectivity index (χ3n) is 3.52. The minimum Gasteiger partial charge on any atom is -0.481 e. The number of likely N-dealkylation sites (tertiary alicyclic amines) is 1. The van der Waals surface area contributed by atoms with Crippen LogP contribution in [0.15, 0.2) is 12.1 Å². The first kappa shape index (κ1) is 12.6. The van der Waals surface area contributed by atoms with Gasteiger partial charge in [-0.25, -0.2) is 0 Å². The molecule has 0 bridgehead atoms. The molecule has 1 saturated heterocycles. The number of carboxylic acids is 1. The lowest BCUT2D eigenvalue weighted by atomic mass is 9.93. The van der Waals surface area contributed by atoms with Gasteiger partial charge >= 0.3 is 5.97 Å². The molecule has 1 aromatic rings. The Balaban J connectivity index is 2.00. The van der Waals surface area contributed by atoms with Gasteiger partial charge in [-0.1, -0.05) is 0 Å². The minimum atomic E-state index is -0.649. The maximum atomic E-state index is 11.0. The summed E-state index contributed by atoms with van der Waals surface area (Å²) in [5.41, 5.74) is 0. The van der Waals surface area contributed by atoms with Crippen LogP contribution >= 0.6 is 11.3 Å². The summed E-state index contributed by atoms with van der Waals surface area (Å²) in [5.74, 6) is -0.837. The molecule has 1 aromatic heterocycles. The summed E-state index contributed by atoms with van der Waals surface area (Å²) >= 11 is 1.80. The molecule has 1 fully saturated rings. The molecule has 3 nitrogen and oxygen atoms in total. The molecule has 0 saturated carbocycles. The first-order valence-corrected chi connectivity index (χ1v) is 6.90. The Morgan fingerprint density at radius 2 is 2.29 bits per heavy atom. The van der Waals surface area contributed by atoms with Crippen LogP contribution < -0.4 is 0 Å². The highest BCUT2D eigenvalue weighted by atomic mass is 32.1. The Labute approximate surface area is 106 Å². The van der Waals surface area contributed by atoms with E-state index in [4.69, 9.17) is 5.11 Å². The van der Waals surface area contributed by atoms with Crippen LogP contribution in [0.1, 0.15) is 29.5 Å². The van der Waals surface area contributed by atoms with Crippen molar-refractivity contribution >= 4 is 17.3 Å². The van der Waals surface area contributed by atoms with Crippen molar-refractivity contribution in [3.05, 3.63) is 21.9 Å². The molecule has 0 radical (unpaired) electrons. The van der Waals surface area contributed by atoms with Crippen molar-refractivity contribution in [3.8, 4) is 0 Å². The fraction of sp³-hybridized carbons (Fsp3) is 0.615. The van der Waals surface area contributed by atoms with Crippen molar-refractivity contribution in [2.75, 3.05) is 6.54 Å². The summed E-state index contributed by atoms with van der Waals surface area (Å²) in [7, 11) is 0. The maximum absolute atomic E-state index is 11.0. The fourth-order valence-corrected chi connectivity index (χ4v) is 3.29. The quantitative estimate of drug-likeness (QED) is 0.900. The van der Waals surface area contributed by atoms with E-state index >= 15 is 0 Å². The Hall–Kier alpha value is -0.870. The van der Waals surface area contributed by atoms with Gasteiger partial charge in [0.15, 0.2) is 0 Å². The molecule has 4 heteroatoms. The first-order chi connectivity index (χ1) is 8.06. The van der Waals surface area contributed by atoms with Crippen LogP contribution in [0, 0.1) is 12.8 Å². The molecule has 2 rings (SSSR count). The summed E-state index contributed by atoms with van der Waals surface area (Å²) in [6.45, 7) is 5.88. The predicted octanol–water partition coefficient (Wildman–Crippen LogP) is 2.74. The number of aryl methyl sites for hydroxylation is 1. The van der Waals surface area contributed by atoms with Crippen LogP contribution in [0.5, 0.6) is 0 Å². The van der Waals surface area contributed by atoms with Gasteiger partial charge in [0.2, 0.25) is 0 Å². The summed E-state index contributed by atoms with van der Waals surface area (Å²) in [4.78, 5) is 16.0. The van der Waals surface area contributed by atoms with Gasteiger partial charge in [0, 0.05) is 28.9 Å². The number of rotatable bonds is 3. The molecule has 1 N–H and O–H groups in total. The average Bonchev–Trinajstić information content (AvgIpc) is 2.67. The molecule has 1 aliphatic rings. The van der Waals surface area contributed by atoms with E-state index in [1.54, 1.807) is 11.3 Å². The lowest BCUT2D eigenvalue weighted by molar-refractivity contribution is -0.144. The monoisotopic (exact) mass is 253 g/mol. The zero-order chi connectivity index (χ0) is 12.4. The van der Waals surface area contributed by atoms with Gasteiger partial charge in [0.25, 0.3) is 0 Å². The van der Waals surface area contributed by atoms with E-state index in [0.717, 1.165) is 19.4 Å². The van der Waals surface area contributed by atoms with Crippen LogP contribution in [0.2, 0.25) is 0 Å². The molecule has 2 atom stereocenters. The Morgan fingerprint density at radius 3 is 2.88 bits per heavy atom. The van der Waals surface area contributed by atoms with Gasteiger partial charge in [-0.05, 0) is 38.8 Å². The topological polar surface area (TPSA) is 40.5 Å². The van der Waals surface area contributed by atoms with Crippen LogP contribution in [0.25, 0.3) is 0 Å². The standard InChI is InChI=1S/C13H19NO2S/c1-9-3-5-11(13(15)16)7-14(9)8-12-6-4-10(2)17-12/h4,6,9,11H,3,5,7-8H2,1-2H3,(H,15,16). The summed E-state index contributed by atoms with van der Waals surface area (Å²) in [6, 6.07) is 4.77. The van der Waals surface area contributed by atoms with E-state index in [-0.39, 0.29) is 5.92 Å². The second-order valence-corrected chi connectivity index (χ2v) is 6.28. The third-order valence-corrected chi connectivity index (χ3v) is 4.50. The van der Waals surface area contributed by atoms with Crippen LogP contribution in [0.4, 0.5) is 0 Å². The van der Waals surface area contributed by atoms with Crippen LogP contribution in [-0.4, -0.2) is 28.6 Å². The molecule has 2 unspecified atom stereocenters. The van der Waals surface area contributed by atoms with Crippen molar-refractivity contribution in [2.45, 2.75) is 39.3 Å². The summed E-state index contributed by atoms with van der Waals surface area (Å²) in [5, 5.41) is 9.09. The maximum Gasteiger partial charge on any atom is 0.307 e. The summed E-state index contributed by atoms with van der Waals surface area (Å²) < 4.78 is 0. The molecule has 94 valence electrons. The molecule has 1 aliphatic heterocycles. The predicted molar refractivity (Wildman–Crippen MR) is 69.3 cm³/mol. The van der Waals surface area contributed by atoms with Gasteiger partial charge in [-0.3, -0.25) is 9.69 Å². The SMILES string of the molecule is Cc1ccc(CN2CC(C(=O)O)CCC2C)s1. The van der Waals surface area contributed by atoms with Gasteiger partial charge < -0.3 is 5.11 Å². The Kier molecular flexibility index (Phi) is 3.84. The Bertz CT molecular complexity index is 402. The van der Waals surface area contributed by atoms with Crippen molar-refractivity contribution in [2.24, 2.45) is 5.92 Å².